The predicted molar refractivity (Wildman–Crippen MR) is 128 cm³/mol. The summed E-state index contributed by atoms with van der Waals surface area (Å²) in [5, 5.41) is 2.95. The van der Waals surface area contributed by atoms with E-state index in [9.17, 15) is 18.0 Å². The number of hydrogen-bond donors (Lipinski definition) is 1. The van der Waals surface area contributed by atoms with Gasteiger partial charge in [-0.2, -0.15) is 4.31 Å². The minimum absolute atomic E-state index is 0.0707. The van der Waals surface area contributed by atoms with Crippen LogP contribution >= 0.6 is 11.8 Å². The molecule has 0 saturated carbocycles. The Bertz CT molecular complexity index is 1130. The molecule has 0 spiro atoms. The minimum atomic E-state index is -3.62. The van der Waals surface area contributed by atoms with Gasteiger partial charge in [-0.3, -0.25) is 14.6 Å². The van der Waals surface area contributed by atoms with E-state index in [-0.39, 0.29) is 35.7 Å². The summed E-state index contributed by atoms with van der Waals surface area (Å²) in [4.78, 5) is 31.9. The number of nitrogens with one attached hydrogen (secondary N) is 1. The Balaban J connectivity index is 1.38. The van der Waals surface area contributed by atoms with Crippen molar-refractivity contribution in [3.63, 3.8) is 0 Å². The van der Waals surface area contributed by atoms with Crippen LogP contribution in [0.1, 0.15) is 24.0 Å². The molecule has 2 aliphatic heterocycles. The molecule has 33 heavy (non-hydrogen) atoms. The fraction of sp³-hybridized carbons (Fsp3) is 0.435. The molecule has 1 aromatic carbocycles. The number of piperidine rings is 1. The Labute approximate surface area is 198 Å². The summed E-state index contributed by atoms with van der Waals surface area (Å²) in [6.45, 7) is 4.55. The Morgan fingerprint density at radius 1 is 1.12 bits per heavy atom. The Hall–Kier alpha value is -2.43. The zero-order valence-corrected chi connectivity index (χ0v) is 20.4. The number of aryl methyl sites for hydroxylation is 2. The fourth-order valence-electron chi connectivity index (χ4n) is 4.15. The van der Waals surface area contributed by atoms with Gasteiger partial charge in [-0.05, 0) is 62.1 Å². The van der Waals surface area contributed by atoms with Gasteiger partial charge in [0, 0.05) is 42.8 Å². The van der Waals surface area contributed by atoms with Crippen molar-refractivity contribution in [2.24, 2.45) is 5.92 Å². The molecule has 0 aliphatic carbocycles. The van der Waals surface area contributed by atoms with E-state index in [1.165, 1.54) is 22.8 Å². The minimum Gasteiger partial charge on any atom is -0.324 e. The van der Waals surface area contributed by atoms with Crippen LogP contribution in [0.2, 0.25) is 0 Å². The largest absolute Gasteiger partial charge is 0.324 e. The first-order chi connectivity index (χ1) is 15.8. The number of nitrogens with zero attached hydrogens (tertiary/aromatic N) is 3. The number of rotatable bonds is 5. The van der Waals surface area contributed by atoms with Crippen molar-refractivity contribution in [2.45, 2.75) is 37.6 Å². The molecule has 10 heteroatoms. The van der Waals surface area contributed by atoms with E-state index in [0.29, 0.717) is 24.5 Å². The molecule has 2 aromatic rings. The lowest BCUT2D eigenvalue weighted by Crippen LogP contribution is -2.49. The first kappa shape index (κ1) is 23.7. The molecule has 2 fully saturated rings. The second-order valence-corrected chi connectivity index (χ2v) is 11.4. The molecule has 8 nitrogen and oxygen atoms in total. The van der Waals surface area contributed by atoms with Gasteiger partial charge in [-0.25, -0.2) is 8.42 Å². The van der Waals surface area contributed by atoms with Crippen molar-refractivity contribution in [1.82, 2.24) is 14.2 Å². The van der Waals surface area contributed by atoms with Gasteiger partial charge in [-0.1, -0.05) is 6.07 Å². The van der Waals surface area contributed by atoms with Crippen molar-refractivity contribution in [3.8, 4) is 0 Å². The van der Waals surface area contributed by atoms with Gasteiger partial charge in [0.1, 0.15) is 10.9 Å². The van der Waals surface area contributed by atoms with Gasteiger partial charge in [0.15, 0.2) is 0 Å². The van der Waals surface area contributed by atoms with Crippen LogP contribution in [-0.2, 0) is 19.6 Å². The number of amides is 2. The van der Waals surface area contributed by atoms with E-state index in [0.717, 1.165) is 16.8 Å². The Kier molecular flexibility index (Phi) is 7.06. The molecule has 0 radical (unpaired) electrons. The summed E-state index contributed by atoms with van der Waals surface area (Å²) in [5.41, 5.74) is 2.97. The highest BCUT2D eigenvalue weighted by Crippen LogP contribution is 2.29. The van der Waals surface area contributed by atoms with E-state index in [4.69, 9.17) is 0 Å². The number of aromatic nitrogens is 1. The van der Waals surface area contributed by atoms with Crippen molar-refractivity contribution in [1.29, 1.82) is 0 Å². The quantitative estimate of drug-likeness (QED) is 0.695. The highest BCUT2D eigenvalue weighted by Gasteiger charge is 2.40. The first-order valence-electron chi connectivity index (χ1n) is 10.9. The van der Waals surface area contributed by atoms with Crippen LogP contribution in [-0.4, -0.2) is 65.2 Å². The normalized spacial score (nSPS) is 20.1. The maximum absolute atomic E-state index is 13.2. The lowest BCUT2D eigenvalue weighted by atomic mass is 9.96. The van der Waals surface area contributed by atoms with Crippen LogP contribution in [0.15, 0.2) is 47.6 Å². The number of anilines is 1. The van der Waals surface area contributed by atoms with Gasteiger partial charge < -0.3 is 10.2 Å². The maximum Gasteiger partial charge on any atom is 0.248 e. The van der Waals surface area contributed by atoms with Crippen LogP contribution in [0, 0.1) is 19.8 Å². The van der Waals surface area contributed by atoms with E-state index >= 15 is 0 Å². The molecule has 2 aliphatic rings. The van der Waals surface area contributed by atoms with Crippen LogP contribution in [0.5, 0.6) is 0 Å². The molecule has 3 heterocycles. The highest BCUT2D eigenvalue weighted by atomic mass is 32.2. The first-order valence-corrected chi connectivity index (χ1v) is 13.5. The van der Waals surface area contributed by atoms with Gasteiger partial charge >= 0.3 is 0 Å². The third-order valence-electron chi connectivity index (χ3n) is 6.32. The third kappa shape index (κ3) is 5.07. The molecule has 2 saturated heterocycles. The number of benzene rings is 1. The van der Waals surface area contributed by atoms with E-state index in [2.05, 4.69) is 10.3 Å². The Morgan fingerprint density at radius 3 is 2.55 bits per heavy atom. The second kappa shape index (κ2) is 9.82. The van der Waals surface area contributed by atoms with Crippen LogP contribution < -0.4 is 5.32 Å². The lowest BCUT2D eigenvalue weighted by molar-refractivity contribution is -0.140. The summed E-state index contributed by atoms with van der Waals surface area (Å²) >= 11 is 1.56. The zero-order valence-electron chi connectivity index (χ0n) is 18.7. The molecule has 4 rings (SSSR count). The van der Waals surface area contributed by atoms with Crippen LogP contribution in [0.25, 0.3) is 0 Å². The number of pyridine rings is 1. The Morgan fingerprint density at radius 2 is 1.88 bits per heavy atom. The molecule has 176 valence electrons. The van der Waals surface area contributed by atoms with Crippen molar-refractivity contribution < 1.29 is 18.0 Å². The number of thioether (sulfide) groups is 1. The number of sulfonamides is 1. The molecule has 1 N–H and O–H groups in total. The topological polar surface area (TPSA) is 99.7 Å². The summed E-state index contributed by atoms with van der Waals surface area (Å²) in [7, 11) is -3.62. The monoisotopic (exact) mass is 488 g/mol. The number of carbonyl (C=O) groups excluding carboxylic acids is 2. The summed E-state index contributed by atoms with van der Waals surface area (Å²) in [6, 6.07) is 8.36. The maximum atomic E-state index is 13.2. The van der Waals surface area contributed by atoms with Gasteiger partial charge in [0.2, 0.25) is 21.8 Å². The number of hydrogen-bond acceptors (Lipinski definition) is 6. The summed E-state index contributed by atoms with van der Waals surface area (Å²) in [5.74, 6) is 0.474. The number of carbonyl (C=O) groups is 2. The van der Waals surface area contributed by atoms with Crippen LogP contribution in [0.4, 0.5) is 5.69 Å². The van der Waals surface area contributed by atoms with Gasteiger partial charge in [-0.15, -0.1) is 11.8 Å². The van der Waals surface area contributed by atoms with Gasteiger partial charge in [0.25, 0.3) is 0 Å². The standard InChI is InChI=1S/C23H28N4O4S2/c1-16-5-6-19(12-17(16)2)25-22(28)21-14-32-15-27(21)23(29)18-7-10-26(11-8-18)33(30,31)20-4-3-9-24-13-20/h3-6,9,12-13,18,21H,7-8,10-11,14-15H2,1-2H3,(H,25,28). The molecule has 1 aromatic heterocycles. The van der Waals surface area contributed by atoms with Gasteiger partial charge in [0.05, 0.1) is 5.88 Å². The molecule has 1 atom stereocenters. The second-order valence-electron chi connectivity index (χ2n) is 8.48. The van der Waals surface area contributed by atoms with Crippen molar-refractivity contribution >= 4 is 39.3 Å². The fourth-order valence-corrected chi connectivity index (χ4v) is 6.75. The van der Waals surface area contributed by atoms with Crippen molar-refractivity contribution in [3.05, 3.63) is 53.9 Å². The molecule has 2 amide bonds. The van der Waals surface area contributed by atoms with E-state index < -0.39 is 16.1 Å². The zero-order chi connectivity index (χ0) is 23.6. The average molecular weight is 489 g/mol. The highest BCUT2D eigenvalue weighted by molar-refractivity contribution is 7.99. The van der Waals surface area contributed by atoms with E-state index in [1.54, 1.807) is 22.7 Å². The molecular weight excluding hydrogens is 460 g/mol. The summed E-state index contributed by atoms with van der Waals surface area (Å²) < 4.78 is 27.0. The molecule has 0 bridgehead atoms. The average Bonchev–Trinajstić information content (AvgIpc) is 3.32. The SMILES string of the molecule is Cc1ccc(NC(=O)C2CSCN2C(=O)C2CCN(S(=O)(=O)c3cccnc3)CC2)cc1C. The van der Waals surface area contributed by atoms with Crippen molar-refractivity contribution in [2.75, 3.05) is 30.0 Å². The predicted octanol–water partition coefficient (Wildman–Crippen LogP) is 2.64. The summed E-state index contributed by atoms with van der Waals surface area (Å²) in [6.07, 6.45) is 3.74. The lowest BCUT2D eigenvalue weighted by Gasteiger charge is -2.33. The molecule has 1 unspecified atom stereocenters. The van der Waals surface area contributed by atoms with E-state index in [1.807, 2.05) is 32.0 Å². The van der Waals surface area contributed by atoms with Crippen LogP contribution in [0.3, 0.4) is 0 Å². The third-order valence-corrected chi connectivity index (χ3v) is 9.21. The smallest absolute Gasteiger partial charge is 0.248 e. The molecular formula is C23H28N4O4S2.